The number of hydrogen-bond acceptors (Lipinski definition) is 5. The van der Waals surface area contributed by atoms with Gasteiger partial charge in [0.15, 0.2) is 6.29 Å². The Morgan fingerprint density at radius 3 is 2.41 bits per heavy atom. The van der Waals surface area contributed by atoms with Crippen molar-refractivity contribution in [3.63, 3.8) is 0 Å². The Morgan fingerprint density at radius 2 is 1.76 bits per heavy atom. The van der Waals surface area contributed by atoms with Gasteiger partial charge in [0.1, 0.15) is 5.75 Å². The number of para-hydroxylation sites is 1. The molecular formula is C12H10O5. The summed E-state index contributed by atoms with van der Waals surface area (Å²) < 4.78 is 9.17. The fraction of sp³-hybridized carbons (Fsp3) is 0.0833. The molecular weight excluding hydrogens is 224 g/mol. The molecule has 0 aliphatic rings. The molecule has 0 heterocycles. The van der Waals surface area contributed by atoms with Crippen LogP contribution < -0.4 is 4.74 Å². The Hall–Kier alpha value is -2.43. The summed E-state index contributed by atoms with van der Waals surface area (Å²) in [5, 5.41) is 0. The first kappa shape index (κ1) is 12.6. The molecule has 1 rings (SSSR count). The molecule has 1 aromatic rings. The van der Waals surface area contributed by atoms with Gasteiger partial charge in [-0.25, -0.2) is 9.59 Å². The van der Waals surface area contributed by atoms with Crippen LogP contribution in [0.25, 0.3) is 0 Å². The van der Waals surface area contributed by atoms with Crippen molar-refractivity contribution in [1.29, 1.82) is 0 Å². The SMILES string of the molecule is COC(=O)/C=C/C(=O)Oc1ccccc1C=O. The molecule has 0 saturated carbocycles. The van der Waals surface area contributed by atoms with Crippen LogP contribution in [0.2, 0.25) is 0 Å². The number of esters is 2. The maximum atomic E-state index is 11.3. The number of ether oxygens (including phenoxy) is 2. The molecule has 5 nitrogen and oxygen atoms in total. The zero-order chi connectivity index (χ0) is 12.7. The van der Waals surface area contributed by atoms with Crippen molar-refractivity contribution in [2.45, 2.75) is 0 Å². The van der Waals surface area contributed by atoms with Gasteiger partial charge in [-0.2, -0.15) is 0 Å². The average molecular weight is 234 g/mol. The highest BCUT2D eigenvalue weighted by molar-refractivity contribution is 5.93. The van der Waals surface area contributed by atoms with Crippen molar-refractivity contribution in [2.24, 2.45) is 0 Å². The lowest BCUT2D eigenvalue weighted by molar-refractivity contribution is -0.135. The van der Waals surface area contributed by atoms with Crippen LogP contribution in [-0.4, -0.2) is 25.3 Å². The fourth-order valence-electron chi connectivity index (χ4n) is 1.02. The highest BCUT2D eigenvalue weighted by Gasteiger charge is 2.06. The molecule has 0 amide bonds. The van der Waals surface area contributed by atoms with Crippen LogP contribution in [0.3, 0.4) is 0 Å². The molecule has 17 heavy (non-hydrogen) atoms. The van der Waals surface area contributed by atoms with Gasteiger partial charge in [-0.3, -0.25) is 4.79 Å². The number of methoxy groups -OCH3 is 1. The predicted octanol–water partition coefficient (Wildman–Crippen LogP) is 1.13. The first-order valence-corrected chi connectivity index (χ1v) is 4.69. The smallest absolute Gasteiger partial charge is 0.336 e. The van der Waals surface area contributed by atoms with E-state index in [2.05, 4.69) is 4.74 Å². The molecule has 0 fully saturated rings. The van der Waals surface area contributed by atoms with Crippen LogP contribution in [0.15, 0.2) is 36.4 Å². The van der Waals surface area contributed by atoms with E-state index in [1.54, 1.807) is 12.1 Å². The summed E-state index contributed by atoms with van der Waals surface area (Å²) in [4.78, 5) is 32.6. The van der Waals surface area contributed by atoms with Gasteiger partial charge in [0.2, 0.25) is 0 Å². The molecule has 0 N–H and O–H groups in total. The van der Waals surface area contributed by atoms with Crippen LogP contribution in [-0.2, 0) is 14.3 Å². The molecule has 0 aromatic heterocycles. The Balaban J connectivity index is 2.71. The Bertz CT molecular complexity index is 462. The molecule has 0 atom stereocenters. The summed E-state index contributed by atoms with van der Waals surface area (Å²) in [5.74, 6) is -1.28. The van der Waals surface area contributed by atoms with Crippen LogP contribution in [0, 0.1) is 0 Å². The van der Waals surface area contributed by atoms with E-state index in [9.17, 15) is 14.4 Å². The third-order valence-electron chi connectivity index (χ3n) is 1.81. The number of benzene rings is 1. The topological polar surface area (TPSA) is 69.7 Å². The summed E-state index contributed by atoms with van der Waals surface area (Å²) in [6.45, 7) is 0. The van der Waals surface area contributed by atoms with Gasteiger partial charge in [0.25, 0.3) is 0 Å². The van der Waals surface area contributed by atoms with Crippen molar-refractivity contribution in [2.75, 3.05) is 7.11 Å². The van der Waals surface area contributed by atoms with Gasteiger partial charge in [0.05, 0.1) is 12.7 Å². The quantitative estimate of drug-likeness (QED) is 0.338. The minimum Gasteiger partial charge on any atom is -0.466 e. The van der Waals surface area contributed by atoms with E-state index in [1.165, 1.54) is 19.2 Å². The van der Waals surface area contributed by atoms with Gasteiger partial charge >= 0.3 is 11.9 Å². The van der Waals surface area contributed by atoms with Crippen molar-refractivity contribution in [3.8, 4) is 5.75 Å². The van der Waals surface area contributed by atoms with Gasteiger partial charge in [-0.15, -0.1) is 0 Å². The summed E-state index contributed by atoms with van der Waals surface area (Å²) in [5.41, 5.74) is 0.257. The van der Waals surface area contributed by atoms with E-state index in [-0.39, 0.29) is 11.3 Å². The van der Waals surface area contributed by atoms with Crippen LogP contribution in [0.4, 0.5) is 0 Å². The number of carbonyl (C=O) groups is 3. The van der Waals surface area contributed by atoms with E-state index in [4.69, 9.17) is 4.74 Å². The van der Waals surface area contributed by atoms with Gasteiger partial charge in [-0.05, 0) is 12.1 Å². The first-order valence-electron chi connectivity index (χ1n) is 4.69. The standard InChI is InChI=1S/C12H10O5/c1-16-11(14)6-7-12(15)17-10-5-3-2-4-9(10)8-13/h2-8H,1H3/b7-6+. The van der Waals surface area contributed by atoms with Crippen molar-refractivity contribution < 1.29 is 23.9 Å². The third-order valence-corrected chi connectivity index (χ3v) is 1.81. The lowest BCUT2D eigenvalue weighted by Gasteiger charge is -2.02. The van der Waals surface area contributed by atoms with Crippen molar-refractivity contribution >= 4 is 18.2 Å². The Labute approximate surface area is 97.6 Å². The van der Waals surface area contributed by atoms with Crippen molar-refractivity contribution in [1.82, 2.24) is 0 Å². The number of carbonyl (C=O) groups excluding carboxylic acids is 3. The fourth-order valence-corrected chi connectivity index (χ4v) is 1.02. The van der Waals surface area contributed by atoms with Crippen LogP contribution >= 0.6 is 0 Å². The van der Waals surface area contributed by atoms with Gasteiger partial charge < -0.3 is 9.47 Å². The normalized spacial score (nSPS) is 9.94. The monoisotopic (exact) mass is 234 g/mol. The molecule has 0 spiro atoms. The molecule has 0 aliphatic carbocycles. The van der Waals surface area contributed by atoms with Gasteiger partial charge in [-0.1, -0.05) is 12.1 Å². The molecule has 0 radical (unpaired) electrons. The Kier molecular flexibility index (Phi) is 4.62. The second-order valence-corrected chi connectivity index (χ2v) is 2.93. The largest absolute Gasteiger partial charge is 0.466 e. The summed E-state index contributed by atoms with van der Waals surface area (Å²) in [6, 6.07) is 6.26. The number of rotatable bonds is 4. The summed E-state index contributed by atoms with van der Waals surface area (Å²) in [6.07, 6.45) is 2.44. The molecule has 0 unspecified atom stereocenters. The molecule has 0 aliphatic heterocycles. The number of aldehydes is 1. The molecule has 0 saturated heterocycles. The van der Waals surface area contributed by atoms with E-state index in [1.807, 2.05) is 0 Å². The Morgan fingerprint density at radius 1 is 1.12 bits per heavy atom. The van der Waals surface area contributed by atoms with Crippen LogP contribution in [0.1, 0.15) is 10.4 Å². The maximum absolute atomic E-state index is 11.3. The molecule has 0 bridgehead atoms. The van der Waals surface area contributed by atoms with Crippen LogP contribution in [0.5, 0.6) is 5.75 Å². The zero-order valence-corrected chi connectivity index (χ0v) is 9.08. The second kappa shape index (κ2) is 6.22. The second-order valence-electron chi connectivity index (χ2n) is 2.93. The zero-order valence-electron chi connectivity index (χ0n) is 9.08. The highest BCUT2D eigenvalue weighted by atomic mass is 16.5. The minimum absolute atomic E-state index is 0.141. The summed E-state index contributed by atoms with van der Waals surface area (Å²) in [7, 11) is 1.19. The molecule has 5 heteroatoms. The van der Waals surface area contributed by atoms with E-state index in [0.717, 1.165) is 12.2 Å². The van der Waals surface area contributed by atoms with E-state index < -0.39 is 11.9 Å². The van der Waals surface area contributed by atoms with E-state index >= 15 is 0 Å². The predicted molar refractivity (Wildman–Crippen MR) is 58.6 cm³/mol. The number of hydrogen-bond donors (Lipinski definition) is 0. The average Bonchev–Trinajstić information content (AvgIpc) is 2.36. The summed E-state index contributed by atoms with van der Waals surface area (Å²) >= 11 is 0. The highest BCUT2D eigenvalue weighted by Crippen LogP contribution is 2.15. The maximum Gasteiger partial charge on any atom is 0.336 e. The molecule has 88 valence electrons. The first-order chi connectivity index (χ1) is 8.17. The molecule has 1 aromatic carbocycles. The van der Waals surface area contributed by atoms with E-state index in [0.29, 0.717) is 6.29 Å². The lowest BCUT2D eigenvalue weighted by atomic mass is 10.2. The van der Waals surface area contributed by atoms with Gasteiger partial charge in [0, 0.05) is 12.2 Å². The third kappa shape index (κ3) is 3.90. The minimum atomic E-state index is -0.760. The van der Waals surface area contributed by atoms with Crippen molar-refractivity contribution in [3.05, 3.63) is 42.0 Å². The lowest BCUT2D eigenvalue weighted by Crippen LogP contribution is -2.07.